The van der Waals surface area contributed by atoms with Crippen molar-refractivity contribution in [3.8, 4) is 11.1 Å². The standard InChI is InChI=1S/C16H19N/c1-3-14-6-4-5-7-16(14)15-10-8-13(9-11-15)12-17-2/h4-11,17H,3,12H2,1-2H3. The Morgan fingerprint density at radius 1 is 0.941 bits per heavy atom. The highest BCUT2D eigenvalue weighted by Crippen LogP contribution is 2.24. The van der Waals surface area contributed by atoms with Gasteiger partial charge >= 0.3 is 0 Å². The van der Waals surface area contributed by atoms with Gasteiger partial charge in [-0.3, -0.25) is 0 Å². The predicted molar refractivity (Wildman–Crippen MR) is 74.0 cm³/mol. The summed E-state index contributed by atoms with van der Waals surface area (Å²) >= 11 is 0. The van der Waals surface area contributed by atoms with Crippen LogP contribution in [0.25, 0.3) is 11.1 Å². The number of hydrogen-bond donors (Lipinski definition) is 1. The topological polar surface area (TPSA) is 12.0 Å². The number of benzene rings is 2. The van der Waals surface area contributed by atoms with E-state index in [4.69, 9.17) is 0 Å². The Morgan fingerprint density at radius 2 is 1.65 bits per heavy atom. The smallest absolute Gasteiger partial charge is 0.0202 e. The third-order valence-electron chi connectivity index (χ3n) is 3.04. The first-order valence-electron chi connectivity index (χ1n) is 6.17. The molecule has 0 aliphatic carbocycles. The minimum absolute atomic E-state index is 0.926. The van der Waals surface area contributed by atoms with Gasteiger partial charge in [-0.25, -0.2) is 0 Å². The summed E-state index contributed by atoms with van der Waals surface area (Å²) in [6, 6.07) is 17.4. The van der Waals surface area contributed by atoms with Crippen molar-refractivity contribution in [3.63, 3.8) is 0 Å². The zero-order valence-electron chi connectivity index (χ0n) is 10.5. The van der Waals surface area contributed by atoms with Gasteiger partial charge in [0.25, 0.3) is 0 Å². The van der Waals surface area contributed by atoms with Gasteiger partial charge in [-0.1, -0.05) is 55.5 Å². The second-order valence-corrected chi connectivity index (χ2v) is 4.24. The molecule has 0 aliphatic heterocycles. The van der Waals surface area contributed by atoms with Crippen molar-refractivity contribution in [1.29, 1.82) is 0 Å². The maximum atomic E-state index is 3.17. The number of aryl methyl sites for hydroxylation is 1. The Labute approximate surface area is 103 Å². The Kier molecular flexibility index (Phi) is 3.94. The average Bonchev–Trinajstić information content (AvgIpc) is 2.40. The van der Waals surface area contributed by atoms with Gasteiger partial charge in [-0.05, 0) is 35.7 Å². The molecule has 0 radical (unpaired) electrons. The monoisotopic (exact) mass is 225 g/mol. The van der Waals surface area contributed by atoms with Gasteiger partial charge in [-0.2, -0.15) is 0 Å². The number of rotatable bonds is 4. The van der Waals surface area contributed by atoms with Gasteiger partial charge < -0.3 is 5.32 Å². The first-order chi connectivity index (χ1) is 8.35. The van der Waals surface area contributed by atoms with E-state index in [0.717, 1.165) is 13.0 Å². The molecule has 17 heavy (non-hydrogen) atoms. The van der Waals surface area contributed by atoms with Crippen LogP contribution < -0.4 is 5.32 Å². The first-order valence-corrected chi connectivity index (χ1v) is 6.17. The van der Waals surface area contributed by atoms with Crippen molar-refractivity contribution < 1.29 is 0 Å². The van der Waals surface area contributed by atoms with E-state index in [1.54, 1.807) is 0 Å². The Balaban J connectivity index is 2.33. The fraction of sp³-hybridized carbons (Fsp3) is 0.250. The van der Waals surface area contributed by atoms with Crippen LogP contribution in [-0.2, 0) is 13.0 Å². The highest BCUT2D eigenvalue weighted by Gasteiger charge is 2.02. The zero-order valence-corrected chi connectivity index (χ0v) is 10.5. The molecular weight excluding hydrogens is 206 g/mol. The lowest BCUT2D eigenvalue weighted by molar-refractivity contribution is 0.818. The van der Waals surface area contributed by atoms with Crippen LogP contribution in [0.3, 0.4) is 0 Å². The third kappa shape index (κ3) is 2.75. The summed E-state index contributed by atoms with van der Waals surface area (Å²) in [4.78, 5) is 0. The lowest BCUT2D eigenvalue weighted by Gasteiger charge is -2.08. The SMILES string of the molecule is CCc1ccccc1-c1ccc(CNC)cc1. The van der Waals surface area contributed by atoms with Crippen molar-refractivity contribution in [2.45, 2.75) is 19.9 Å². The largest absolute Gasteiger partial charge is 0.316 e. The molecule has 0 bridgehead atoms. The quantitative estimate of drug-likeness (QED) is 0.837. The molecule has 0 spiro atoms. The molecule has 1 nitrogen and oxygen atoms in total. The van der Waals surface area contributed by atoms with E-state index in [2.05, 4.69) is 60.8 Å². The normalized spacial score (nSPS) is 10.5. The molecule has 0 aliphatic rings. The van der Waals surface area contributed by atoms with Crippen molar-refractivity contribution in [1.82, 2.24) is 5.32 Å². The summed E-state index contributed by atoms with van der Waals surface area (Å²) in [5.41, 5.74) is 5.40. The summed E-state index contributed by atoms with van der Waals surface area (Å²) in [5, 5.41) is 3.17. The van der Waals surface area contributed by atoms with E-state index in [1.807, 2.05) is 7.05 Å². The molecule has 0 heterocycles. The molecule has 0 aromatic heterocycles. The van der Waals surface area contributed by atoms with E-state index in [-0.39, 0.29) is 0 Å². The van der Waals surface area contributed by atoms with Crippen molar-refractivity contribution >= 4 is 0 Å². The van der Waals surface area contributed by atoms with Gasteiger partial charge in [0.05, 0.1) is 0 Å². The van der Waals surface area contributed by atoms with Crippen LogP contribution in [0, 0.1) is 0 Å². The Bertz CT molecular complexity index is 471. The first kappa shape index (κ1) is 11.9. The molecule has 0 saturated carbocycles. The Morgan fingerprint density at radius 3 is 2.29 bits per heavy atom. The highest BCUT2D eigenvalue weighted by atomic mass is 14.8. The summed E-state index contributed by atoms with van der Waals surface area (Å²) in [5.74, 6) is 0. The minimum atomic E-state index is 0.926. The summed E-state index contributed by atoms with van der Waals surface area (Å²) in [6.45, 7) is 3.13. The maximum Gasteiger partial charge on any atom is 0.0202 e. The maximum absolute atomic E-state index is 3.17. The van der Waals surface area contributed by atoms with E-state index in [9.17, 15) is 0 Å². The van der Waals surface area contributed by atoms with E-state index >= 15 is 0 Å². The second kappa shape index (κ2) is 5.65. The van der Waals surface area contributed by atoms with E-state index in [0.29, 0.717) is 0 Å². The summed E-state index contributed by atoms with van der Waals surface area (Å²) in [7, 11) is 1.97. The lowest BCUT2D eigenvalue weighted by atomic mass is 9.97. The van der Waals surface area contributed by atoms with Crippen LogP contribution >= 0.6 is 0 Å². The minimum Gasteiger partial charge on any atom is -0.316 e. The molecule has 1 heteroatoms. The highest BCUT2D eigenvalue weighted by molar-refractivity contribution is 5.67. The van der Waals surface area contributed by atoms with Gasteiger partial charge in [-0.15, -0.1) is 0 Å². The van der Waals surface area contributed by atoms with Gasteiger partial charge in [0.2, 0.25) is 0 Å². The van der Waals surface area contributed by atoms with Crippen molar-refractivity contribution in [2.24, 2.45) is 0 Å². The van der Waals surface area contributed by atoms with Crippen LogP contribution in [-0.4, -0.2) is 7.05 Å². The molecular formula is C16H19N. The molecule has 2 rings (SSSR count). The fourth-order valence-corrected chi connectivity index (χ4v) is 2.12. The number of nitrogens with one attached hydrogen (secondary N) is 1. The summed E-state index contributed by atoms with van der Waals surface area (Å²) in [6.07, 6.45) is 1.08. The molecule has 2 aromatic rings. The van der Waals surface area contributed by atoms with Crippen LogP contribution in [0.2, 0.25) is 0 Å². The van der Waals surface area contributed by atoms with Gasteiger partial charge in [0.1, 0.15) is 0 Å². The average molecular weight is 225 g/mol. The van der Waals surface area contributed by atoms with Crippen molar-refractivity contribution in [2.75, 3.05) is 7.05 Å². The number of hydrogen-bond acceptors (Lipinski definition) is 1. The Hall–Kier alpha value is -1.60. The van der Waals surface area contributed by atoms with Crippen LogP contribution in [0.1, 0.15) is 18.1 Å². The van der Waals surface area contributed by atoms with Crippen LogP contribution in [0.5, 0.6) is 0 Å². The van der Waals surface area contributed by atoms with Crippen LogP contribution in [0.15, 0.2) is 48.5 Å². The lowest BCUT2D eigenvalue weighted by Crippen LogP contribution is -2.04. The van der Waals surface area contributed by atoms with Crippen molar-refractivity contribution in [3.05, 3.63) is 59.7 Å². The second-order valence-electron chi connectivity index (χ2n) is 4.24. The fourth-order valence-electron chi connectivity index (χ4n) is 2.12. The van der Waals surface area contributed by atoms with E-state index in [1.165, 1.54) is 22.3 Å². The molecule has 88 valence electrons. The molecule has 0 atom stereocenters. The van der Waals surface area contributed by atoms with E-state index < -0.39 is 0 Å². The van der Waals surface area contributed by atoms with Gasteiger partial charge in [0, 0.05) is 6.54 Å². The molecule has 2 aromatic carbocycles. The molecule has 1 N–H and O–H groups in total. The molecule has 0 amide bonds. The predicted octanol–water partition coefficient (Wildman–Crippen LogP) is 3.64. The van der Waals surface area contributed by atoms with Gasteiger partial charge in [0.15, 0.2) is 0 Å². The molecule has 0 fully saturated rings. The molecule has 0 unspecified atom stereocenters. The zero-order chi connectivity index (χ0) is 12.1. The molecule has 0 saturated heterocycles. The summed E-state index contributed by atoms with van der Waals surface area (Å²) < 4.78 is 0. The van der Waals surface area contributed by atoms with Crippen LogP contribution in [0.4, 0.5) is 0 Å². The third-order valence-corrected chi connectivity index (χ3v) is 3.04.